The Morgan fingerprint density at radius 2 is 1.83 bits per heavy atom. The lowest BCUT2D eigenvalue weighted by atomic mass is 10.3. The highest BCUT2D eigenvalue weighted by molar-refractivity contribution is 7.11. The molecular formula is C15H11F3N4S. The Morgan fingerprint density at radius 3 is 2.43 bits per heavy atom. The largest absolute Gasteiger partial charge is 0.437 e. The second-order valence-corrected chi connectivity index (χ2v) is 5.69. The number of nitrogens with one attached hydrogen (secondary N) is 1. The summed E-state index contributed by atoms with van der Waals surface area (Å²) in [5, 5.41) is 5.74. The van der Waals surface area contributed by atoms with E-state index in [0.717, 1.165) is 10.4 Å². The molecule has 0 radical (unpaired) electrons. The first-order valence-electron chi connectivity index (χ1n) is 6.62. The van der Waals surface area contributed by atoms with Crippen LogP contribution in [0.15, 0.2) is 40.8 Å². The van der Waals surface area contributed by atoms with E-state index in [1.807, 2.05) is 18.4 Å². The van der Waals surface area contributed by atoms with E-state index in [0.29, 0.717) is 5.52 Å². The van der Waals surface area contributed by atoms with Gasteiger partial charge >= 0.3 is 6.18 Å². The minimum Gasteiger partial charge on any atom is -0.259 e. The van der Waals surface area contributed by atoms with Crippen molar-refractivity contribution in [1.29, 1.82) is 0 Å². The average molecular weight is 336 g/mol. The molecule has 4 nitrogen and oxygen atoms in total. The summed E-state index contributed by atoms with van der Waals surface area (Å²) in [6.45, 7) is 1.90. The van der Waals surface area contributed by atoms with E-state index in [1.54, 1.807) is 18.2 Å². The van der Waals surface area contributed by atoms with Crippen molar-refractivity contribution in [2.24, 2.45) is 5.10 Å². The number of fused-ring (bicyclic) bond motifs is 1. The van der Waals surface area contributed by atoms with E-state index in [-0.39, 0.29) is 5.52 Å². The molecule has 3 rings (SSSR count). The SMILES string of the molecule is Cc1ccsc1/C=N/Nc1nc2ccccc2nc1C(F)(F)F. The molecule has 8 heteroatoms. The Hall–Kier alpha value is -2.48. The van der Waals surface area contributed by atoms with Crippen LogP contribution < -0.4 is 5.43 Å². The number of benzene rings is 1. The number of halogens is 3. The highest BCUT2D eigenvalue weighted by Gasteiger charge is 2.37. The lowest BCUT2D eigenvalue weighted by molar-refractivity contribution is -0.140. The smallest absolute Gasteiger partial charge is 0.259 e. The quantitative estimate of drug-likeness (QED) is 0.567. The van der Waals surface area contributed by atoms with Gasteiger partial charge in [0.25, 0.3) is 0 Å². The highest BCUT2D eigenvalue weighted by Crippen LogP contribution is 2.33. The van der Waals surface area contributed by atoms with Gasteiger partial charge in [-0.1, -0.05) is 12.1 Å². The van der Waals surface area contributed by atoms with Crippen molar-refractivity contribution in [2.75, 3.05) is 5.43 Å². The third-order valence-corrected chi connectivity index (χ3v) is 4.05. The molecule has 118 valence electrons. The minimum atomic E-state index is -4.62. The Bertz CT molecular complexity index is 871. The van der Waals surface area contributed by atoms with Gasteiger partial charge in [-0.15, -0.1) is 11.3 Å². The number of hydrogen-bond donors (Lipinski definition) is 1. The summed E-state index contributed by atoms with van der Waals surface area (Å²) < 4.78 is 39.4. The lowest BCUT2D eigenvalue weighted by Crippen LogP contribution is -2.13. The fraction of sp³-hybridized carbons (Fsp3) is 0.133. The maximum Gasteiger partial charge on any atom is 0.437 e. The van der Waals surface area contributed by atoms with Crippen LogP contribution in [-0.4, -0.2) is 16.2 Å². The van der Waals surface area contributed by atoms with Gasteiger partial charge in [0.1, 0.15) is 0 Å². The Labute approximate surface area is 133 Å². The van der Waals surface area contributed by atoms with Crippen LogP contribution >= 0.6 is 11.3 Å². The molecule has 0 atom stereocenters. The molecule has 1 N–H and O–H groups in total. The van der Waals surface area contributed by atoms with Gasteiger partial charge in [-0.05, 0) is 36.1 Å². The molecule has 0 bridgehead atoms. The fourth-order valence-electron chi connectivity index (χ4n) is 1.94. The van der Waals surface area contributed by atoms with Gasteiger partial charge in [0.15, 0.2) is 11.5 Å². The second kappa shape index (κ2) is 5.96. The van der Waals surface area contributed by atoms with E-state index in [9.17, 15) is 13.2 Å². The predicted octanol–water partition coefficient (Wildman–Crippen LogP) is 4.46. The summed E-state index contributed by atoms with van der Waals surface area (Å²) in [5.41, 5.74) is 2.82. The van der Waals surface area contributed by atoms with Crippen LogP contribution in [0.5, 0.6) is 0 Å². The summed E-state index contributed by atoms with van der Waals surface area (Å²) in [7, 11) is 0. The fourth-order valence-corrected chi connectivity index (χ4v) is 2.73. The van der Waals surface area contributed by atoms with E-state index in [1.165, 1.54) is 23.6 Å². The van der Waals surface area contributed by atoms with Crippen molar-refractivity contribution in [3.05, 3.63) is 51.8 Å². The van der Waals surface area contributed by atoms with Crippen molar-refractivity contribution in [3.8, 4) is 0 Å². The molecule has 23 heavy (non-hydrogen) atoms. The first kappa shape index (κ1) is 15.4. The predicted molar refractivity (Wildman–Crippen MR) is 84.8 cm³/mol. The standard InChI is InChI=1S/C15H11F3N4S/c1-9-6-7-23-12(9)8-19-22-14-13(15(16,17)18)20-10-4-2-3-5-11(10)21-14/h2-8H,1H3,(H,21,22)/b19-8+. The van der Waals surface area contributed by atoms with Crippen LogP contribution in [0.4, 0.5) is 19.0 Å². The van der Waals surface area contributed by atoms with Crippen molar-refractivity contribution in [2.45, 2.75) is 13.1 Å². The molecule has 0 fully saturated rings. The van der Waals surface area contributed by atoms with Gasteiger partial charge in [0.2, 0.25) is 0 Å². The van der Waals surface area contributed by atoms with Gasteiger partial charge in [-0.2, -0.15) is 18.3 Å². The number of hydrogen-bond acceptors (Lipinski definition) is 5. The molecule has 2 heterocycles. The molecule has 0 aliphatic carbocycles. The van der Waals surface area contributed by atoms with Crippen molar-refractivity contribution < 1.29 is 13.2 Å². The molecule has 0 aliphatic rings. The van der Waals surface area contributed by atoms with Crippen LogP contribution in [0.25, 0.3) is 11.0 Å². The summed E-state index contributed by atoms with van der Waals surface area (Å²) in [6.07, 6.45) is -3.15. The zero-order valence-corrected chi connectivity index (χ0v) is 12.7. The molecule has 0 aliphatic heterocycles. The van der Waals surface area contributed by atoms with Crippen molar-refractivity contribution >= 4 is 34.4 Å². The van der Waals surface area contributed by atoms with Crippen LogP contribution in [-0.2, 0) is 6.18 Å². The maximum atomic E-state index is 13.1. The number of hydrazone groups is 1. The van der Waals surface area contributed by atoms with E-state index in [2.05, 4.69) is 20.5 Å². The molecule has 1 aromatic carbocycles. The Kier molecular flexibility index (Phi) is 3.99. The van der Waals surface area contributed by atoms with Crippen LogP contribution in [0.2, 0.25) is 0 Å². The van der Waals surface area contributed by atoms with Crippen molar-refractivity contribution in [1.82, 2.24) is 9.97 Å². The van der Waals surface area contributed by atoms with Crippen LogP contribution in [0.1, 0.15) is 16.1 Å². The average Bonchev–Trinajstić information content (AvgIpc) is 2.91. The normalized spacial score (nSPS) is 12.2. The number of aromatic nitrogens is 2. The zero-order chi connectivity index (χ0) is 16.4. The van der Waals surface area contributed by atoms with E-state index in [4.69, 9.17) is 0 Å². The third kappa shape index (κ3) is 3.31. The molecule has 0 unspecified atom stereocenters. The number of rotatable bonds is 3. The first-order chi connectivity index (χ1) is 10.9. The van der Waals surface area contributed by atoms with E-state index < -0.39 is 17.7 Å². The van der Waals surface area contributed by atoms with Crippen molar-refractivity contribution in [3.63, 3.8) is 0 Å². The molecule has 2 aromatic heterocycles. The van der Waals surface area contributed by atoms with Gasteiger partial charge in [0, 0.05) is 4.88 Å². The number of nitrogens with zero attached hydrogens (tertiary/aromatic N) is 3. The zero-order valence-electron chi connectivity index (χ0n) is 11.9. The molecule has 0 saturated carbocycles. The molecule has 3 aromatic rings. The third-order valence-electron chi connectivity index (χ3n) is 3.09. The number of anilines is 1. The molecule has 0 amide bonds. The Morgan fingerprint density at radius 1 is 1.13 bits per heavy atom. The first-order valence-corrected chi connectivity index (χ1v) is 7.50. The summed E-state index contributed by atoms with van der Waals surface area (Å²) in [6, 6.07) is 8.29. The van der Waals surface area contributed by atoms with Gasteiger partial charge in [-0.25, -0.2) is 9.97 Å². The second-order valence-electron chi connectivity index (χ2n) is 4.75. The highest BCUT2D eigenvalue weighted by atomic mass is 32.1. The van der Waals surface area contributed by atoms with Gasteiger partial charge in [-0.3, -0.25) is 5.43 Å². The number of para-hydroxylation sites is 2. The number of thiophene rings is 1. The number of aryl methyl sites for hydroxylation is 1. The molecule has 0 spiro atoms. The number of alkyl halides is 3. The summed E-state index contributed by atoms with van der Waals surface area (Å²) >= 11 is 1.45. The summed E-state index contributed by atoms with van der Waals surface area (Å²) in [5.74, 6) is -0.415. The topological polar surface area (TPSA) is 50.2 Å². The maximum absolute atomic E-state index is 13.1. The lowest BCUT2D eigenvalue weighted by Gasteiger charge is -2.11. The summed E-state index contributed by atoms with van der Waals surface area (Å²) in [4.78, 5) is 8.50. The minimum absolute atomic E-state index is 0.184. The van der Waals surface area contributed by atoms with E-state index >= 15 is 0 Å². The molecule has 0 saturated heterocycles. The monoisotopic (exact) mass is 336 g/mol. The Balaban J connectivity index is 1.98. The van der Waals surface area contributed by atoms with Gasteiger partial charge < -0.3 is 0 Å². The van der Waals surface area contributed by atoms with Gasteiger partial charge in [0.05, 0.1) is 17.2 Å². The van der Waals surface area contributed by atoms with Crippen LogP contribution in [0.3, 0.4) is 0 Å². The van der Waals surface area contributed by atoms with Crippen LogP contribution in [0, 0.1) is 6.92 Å². The molecular weight excluding hydrogens is 325 g/mol.